The lowest BCUT2D eigenvalue weighted by molar-refractivity contribution is 0.509. The van der Waals surface area contributed by atoms with Crippen LogP contribution in [0.15, 0.2) is 217 Å². The van der Waals surface area contributed by atoms with Crippen molar-refractivity contribution in [2.45, 2.75) is 6.29 Å². The number of para-hydroxylation sites is 2. The molecule has 1 aliphatic heterocycles. The van der Waals surface area contributed by atoms with Gasteiger partial charge >= 0.3 is 0 Å². The molecule has 0 amide bonds. The van der Waals surface area contributed by atoms with Crippen LogP contribution in [0.25, 0.3) is 59.4 Å². The van der Waals surface area contributed by atoms with Crippen molar-refractivity contribution in [2.75, 3.05) is 4.90 Å². The van der Waals surface area contributed by atoms with Gasteiger partial charge in [0.15, 0.2) is 0 Å². The highest BCUT2D eigenvalue weighted by molar-refractivity contribution is 7.22. The zero-order valence-corrected chi connectivity index (χ0v) is 32.8. The largest absolute Gasteiger partial charge is 0.346 e. The first-order valence-electron chi connectivity index (χ1n) is 19.9. The van der Waals surface area contributed by atoms with Crippen LogP contribution in [0.2, 0.25) is 0 Å². The summed E-state index contributed by atoms with van der Waals surface area (Å²) in [5, 5.41) is 7.20. The lowest BCUT2D eigenvalue weighted by Gasteiger charge is -2.27. The molecule has 5 nitrogen and oxygen atoms in total. The zero-order valence-electron chi connectivity index (χ0n) is 32.0. The lowest BCUT2D eigenvalue weighted by atomic mass is 10.0. The van der Waals surface area contributed by atoms with E-state index in [9.17, 15) is 0 Å². The highest BCUT2D eigenvalue weighted by Gasteiger charge is 2.26. The van der Waals surface area contributed by atoms with Gasteiger partial charge in [-0.2, -0.15) is 0 Å². The van der Waals surface area contributed by atoms with Crippen LogP contribution in [0.4, 0.5) is 17.1 Å². The maximum atomic E-state index is 5.47. The molecule has 0 fully saturated rings. The molecular formula is C53H37N5S. The van der Waals surface area contributed by atoms with Gasteiger partial charge in [-0.25, -0.2) is 9.98 Å². The van der Waals surface area contributed by atoms with Crippen molar-refractivity contribution in [3.8, 4) is 21.7 Å². The van der Waals surface area contributed by atoms with Crippen LogP contribution in [-0.2, 0) is 0 Å². The molecular weight excluding hydrogens is 739 g/mol. The number of benzene rings is 8. The molecule has 1 aliphatic rings. The lowest BCUT2D eigenvalue weighted by Crippen LogP contribution is -2.29. The Morgan fingerprint density at radius 1 is 0.492 bits per heavy atom. The molecule has 0 aliphatic carbocycles. The fourth-order valence-corrected chi connectivity index (χ4v) is 9.37. The second-order valence-corrected chi connectivity index (χ2v) is 15.7. The number of thiazole rings is 1. The third-order valence-electron chi connectivity index (χ3n) is 11.1. The molecule has 8 aromatic carbocycles. The summed E-state index contributed by atoms with van der Waals surface area (Å²) in [4.78, 5) is 12.9. The quantitative estimate of drug-likeness (QED) is 0.167. The van der Waals surface area contributed by atoms with E-state index >= 15 is 0 Å². The molecule has 10 aromatic rings. The third-order valence-corrected chi connectivity index (χ3v) is 12.2. The first kappa shape index (κ1) is 34.7. The maximum Gasteiger partial charge on any atom is 0.201 e. The summed E-state index contributed by atoms with van der Waals surface area (Å²) in [6, 6.07) is 72.7. The molecule has 0 spiro atoms. The van der Waals surface area contributed by atoms with Crippen LogP contribution in [-0.4, -0.2) is 15.3 Å². The fraction of sp³-hybridized carbons (Fsp3) is 0.0189. The number of nitrogens with zero attached hydrogens (tertiary/aromatic N) is 4. The van der Waals surface area contributed by atoms with Gasteiger partial charge in [0.1, 0.15) is 5.01 Å². The Morgan fingerprint density at radius 2 is 1.05 bits per heavy atom. The molecule has 0 bridgehead atoms. The normalized spacial score (nSPS) is 13.9. The number of nitrogens with one attached hydrogen (secondary N) is 1. The number of aliphatic imine (C=N–C) groups is 1. The first-order valence-corrected chi connectivity index (χ1v) is 20.7. The summed E-state index contributed by atoms with van der Waals surface area (Å²) >= 11 is 1.74. The average molecular weight is 776 g/mol. The third kappa shape index (κ3) is 6.36. The van der Waals surface area contributed by atoms with Gasteiger partial charge in [0.2, 0.25) is 6.29 Å². The van der Waals surface area contributed by atoms with Crippen molar-refractivity contribution in [1.29, 1.82) is 0 Å². The van der Waals surface area contributed by atoms with Crippen molar-refractivity contribution in [3.05, 3.63) is 223 Å². The predicted molar refractivity (Wildman–Crippen MR) is 248 cm³/mol. The van der Waals surface area contributed by atoms with Crippen molar-refractivity contribution >= 4 is 71.8 Å². The van der Waals surface area contributed by atoms with E-state index in [1.165, 1.54) is 10.8 Å². The van der Waals surface area contributed by atoms with Crippen molar-refractivity contribution in [1.82, 2.24) is 14.9 Å². The SMILES string of the molecule is C1=C(c2ccccc2)NC(n2c3ccc(-c4ccc(N(c5ccccc5)c5ccccc5)cc4)cc3c3ccc4nc(-c5ccccc5)sc4c32)N=C1c1ccccc1. The highest BCUT2D eigenvalue weighted by Crippen LogP contribution is 2.43. The highest BCUT2D eigenvalue weighted by atomic mass is 32.1. The van der Waals surface area contributed by atoms with Crippen LogP contribution in [0, 0.1) is 0 Å². The molecule has 6 heteroatoms. The second-order valence-electron chi connectivity index (χ2n) is 14.7. The zero-order chi connectivity index (χ0) is 39.1. The Balaban J connectivity index is 1.08. The van der Waals surface area contributed by atoms with Gasteiger partial charge in [0.25, 0.3) is 0 Å². The van der Waals surface area contributed by atoms with Gasteiger partial charge in [0.05, 0.1) is 27.0 Å². The van der Waals surface area contributed by atoms with E-state index in [4.69, 9.17) is 9.98 Å². The summed E-state index contributed by atoms with van der Waals surface area (Å²) in [6.07, 6.45) is 1.74. The van der Waals surface area contributed by atoms with Crippen LogP contribution < -0.4 is 10.2 Å². The number of rotatable bonds is 8. The Labute approximate surface area is 346 Å². The monoisotopic (exact) mass is 775 g/mol. The molecule has 0 saturated heterocycles. The maximum absolute atomic E-state index is 5.47. The number of hydrogen-bond acceptors (Lipinski definition) is 5. The fourth-order valence-electron chi connectivity index (χ4n) is 8.25. The summed E-state index contributed by atoms with van der Waals surface area (Å²) < 4.78 is 3.53. The van der Waals surface area contributed by atoms with Crippen molar-refractivity contribution in [3.63, 3.8) is 0 Å². The molecule has 1 atom stereocenters. The summed E-state index contributed by atoms with van der Waals surface area (Å²) in [5.74, 6) is 0. The van der Waals surface area contributed by atoms with E-state index in [-0.39, 0.29) is 0 Å². The molecule has 280 valence electrons. The minimum absolute atomic E-state index is 0.426. The molecule has 2 aromatic heterocycles. The number of allylic oxidation sites excluding steroid dienone is 1. The number of hydrogen-bond donors (Lipinski definition) is 1. The molecule has 0 saturated carbocycles. The van der Waals surface area contributed by atoms with E-state index in [2.05, 4.69) is 227 Å². The summed E-state index contributed by atoms with van der Waals surface area (Å²) in [5.41, 5.74) is 14.1. The second kappa shape index (κ2) is 14.8. The van der Waals surface area contributed by atoms with Crippen LogP contribution in [0.1, 0.15) is 17.4 Å². The minimum atomic E-state index is -0.426. The number of fused-ring (bicyclic) bond motifs is 5. The van der Waals surface area contributed by atoms with Gasteiger partial charge in [-0.15, -0.1) is 11.3 Å². The van der Waals surface area contributed by atoms with E-state index in [1.54, 1.807) is 11.3 Å². The van der Waals surface area contributed by atoms with Gasteiger partial charge < -0.3 is 10.2 Å². The topological polar surface area (TPSA) is 45.5 Å². The molecule has 59 heavy (non-hydrogen) atoms. The average Bonchev–Trinajstić information content (AvgIpc) is 3.90. The van der Waals surface area contributed by atoms with Gasteiger partial charge in [-0.05, 0) is 89.0 Å². The number of anilines is 3. The Kier molecular flexibility index (Phi) is 8.68. The van der Waals surface area contributed by atoms with Crippen LogP contribution in [0.5, 0.6) is 0 Å². The smallest absolute Gasteiger partial charge is 0.201 e. The molecule has 1 unspecified atom stereocenters. The summed E-state index contributed by atoms with van der Waals surface area (Å²) in [6.45, 7) is 0. The van der Waals surface area contributed by atoms with Gasteiger partial charge in [0, 0.05) is 39.1 Å². The molecule has 11 rings (SSSR count). The number of aromatic nitrogens is 2. The Hall–Kier alpha value is -7.54. The van der Waals surface area contributed by atoms with Crippen molar-refractivity contribution < 1.29 is 0 Å². The molecule has 0 radical (unpaired) electrons. The van der Waals surface area contributed by atoms with Gasteiger partial charge in [-0.3, -0.25) is 4.57 Å². The minimum Gasteiger partial charge on any atom is -0.346 e. The first-order chi connectivity index (χ1) is 29.2. The Morgan fingerprint density at radius 3 is 1.69 bits per heavy atom. The van der Waals surface area contributed by atoms with Crippen molar-refractivity contribution in [2.24, 2.45) is 4.99 Å². The van der Waals surface area contributed by atoms with Crippen LogP contribution in [0.3, 0.4) is 0 Å². The van der Waals surface area contributed by atoms with E-state index in [1.807, 2.05) is 0 Å². The standard InChI is InChI=1S/C53H37N5S/c1-6-16-37(17-7-1)47-35-48(38-18-8-2-9-19-38)56-53(55-47)58-49-33-28-40(34-45(49)44-31-32-46-51(50(44)58)59-52(54-46)39-20-10-3-11-21-39)36-26-29-43(30-27-36)57(41-22-12-4-13-23-41)42-24-14-5-15-25-42/h1-35,53,55H. The molecule has 1 N–H and O–H groups in total. The molecule has 3 heterocycles. The predicted octanol–water partition coefficient (Wildman–Crippen LogP) is 13.8. The van der Waals surface area contributed by atoms with Crippen LogP contribution >= 0.6 is 11.3 Å². The van der Waals surface area contributed by atoms with E-state index in [0.29, 0.717) is 0 Å². The van der Waals surface area contributed by atoms with E-state index in [0.717, 1.165) is 82.5 Å². The van der Waals surface area contributed by atoms with Gasteiger partial charge in [-0.1, -0.05) is 146 Å². The Bertz CT molecular complexity index is 3120. The summed E-state index contributed by atoms with van der Waals surface area (Å²) in [7, 11) is 0. The van der Waals surface area contributed by atoms with E-state index < -0.39 is 6.29 Å².